The second-order valence-corrected chi connectivity index (χ2v) is 10.3. The molecule has 0 aliphatic carbocycles. The van der Waals surface area contributed by atoms with E-state index in [4.69, 9.17) is 4.52 Å². The lowest BCUT2D eigenvalue weighted by molar-refractivity contribution is -0.138. The first-order chi connectivity index (χ1) is 14.8. The molecule has 4 rings (SSSR count). The number of piperidine rings is 1. The zero-order valence-corrected chi connectivity index (χ0v) is 18.8. The summed E-state index contributed by atoms with van der Waals surface area (Å²) in [5.74, 6) is 0.945. The number of carbonyl (C=O) groups is 1. The fourth-order valence-electron chi connectivity index (χ4n) is 4.30. The molecule has 0 N–H and O–H groups in total. The summed E-state index contributed by atoms with van der Waals surface area (Å²) in [4.78, 5) is 21.6. The topological polar surface area (TPSA) is 99.8 Å². The molecular formula is C21H29N5O4S. The smallest absolute Gasteiger partial charge is 0.244 e. The molecule has 2 aromatic rings. The lowest BCUT2D eigenvalue weighted by Crippen LogP contribution is -2.53. The van der Waals surface area contributed by atoms with Crippen molar-refractivity contribution in [2.24, 2.45) is 5.92 Å². The van der Waals surface area contributed by atoms with Gasteiger partial charge in [-0.3, -0.25) is 9.69 Å². The number of hydrogen-bond donors (Lipinski definition) is 0. The van der Waals surface area contributed by atoms with Crippen LogP contribution < -0.4 is 0 Å². The molecule has 2 aliphatic rings. The van der Waals surface area contributed by atoms with E-state index in [0.717, 1.165) is 18.4 Å². The number of benzene rings is 1. The molecular weight excluding hydrogens is 418 g/mol. The van der Waals surface area contributed by atoms with Crippen LogP contribution >= 0.6 is 0 Å². The summed E-state index contributed by atoms with van der Waals surface area (Å²) in [6, 6.07) is 9.66. The minimum atomic E-state index is -3.26. The van der Waals surface area contributed by atoms with Crippen molar-refractivity contribution < 1.29 is 17.7 Å². The summed E-state index contributed by atoms with van der Waals surface area (Å²) in [6.07, 6.45) is 2.67. The summed E-state index contributed by atoms with van der Waals surface area (Å²) in [5, 5.41) is 4.10. The molecule has 1 aromatic heterocycles. The Balaban J connectivity index is 1.33. The van der Waals surface area contributed by atoms with Crippen molar-refractivity contribution in [3.63, 3.8) is 0 Å². The number of hydrogen-bond acceptors (Lipinski definition) is 7. The average molecular weight is 448 g/mol. The second-order valence-electron chi connectivity index (χ2n) is 8.32. The van der Waals surface area contributed by atoms with E-state index >= 15 is 0 Å². The fourth-order valence-corrected chi connectivity index (χ4v) is 5.21. The molecule has 2 aliphatic heterocycles. The molecule has 0 bridgehead atoms. The van der Waals surface area contributed by atoms with Gasteiger partial charge in [0.2, 0.25) is 27.6 Å². The number of piperazine rings is 1. The van der Waals surface area contributed by atoms with Gasteiger partial charge in [0.15, 0.2) is 0 Å². The van der Waals surface area contributed by atoms with E-state index in [9.17, 15) is 13.2 Å². The Morgan fingerprint density at radius 2 is 1.84 bits per heavy atom. The van der Waals surface area contributed by atoms with Gasteiger partial charge in [-0.1, -0.05) is 35.5 Å². The van der Waals surface area contributed by atoms with Crippen molar-refractivity contribution in [2.45, 2.75) is 25.8 Å². The highest BCUT2D eigenvalue weighted by Gasteiger charge is 2.34. The molecule has 31 heavy (non-hydrogen) atoms. The molecule has 2 saturated heterocycles. The Labute approximate surface area is 183 Å². The number of sulfonamides is 1. The van der Waals surface area contributed by atoms with Gasteiger partial charge in [-0.2, -0.15) is 4.98 Å². The molecule has 10 heteroatoms. The fraction of sp³-hybridized carbons (Fsp3) is 0.571. The summed E-state index contributed by atoms with van der Waals surface area (Å²) in [6.45, 7) is 5.46. The zero-order valence-electron chi connectivity index (χ0n) is 18.0. The molecule has 0 radical (unpaired) electrons. The first-order valence-electron chi connectivity index (χ1n) is 10.7. The van der Waals surface area contributed by atoms with Crippen LogP contribution in [0.4, 0.5) is 0 Å². The lowest BCUT2D eigenvalue weighted by atomic mass is 9.97. The molecule has 2 fully saturated rings. The van der Waals surface area contributed by atoms with Crippen LogP contribution in [0.15, 0.2) is 34.9 Å². The highest BCUT2D eigenvalue weighted by atomic mass is 32.2. The molecule has 1 amide bonds. The number of carbonyl (C=O) groups excluding carboxylic acids is 1. The van der Waals surface area contributed by atoms with Gasteiger partial charge in [-0.15, -0.1) is 0 Å². The summed E-state index contributed by atoms with van der Waals surface area (Å²) in [7, 11) is -3.26. The molecule has 2 unspecified atom stereocenters. The highest BCUT2D eigenvalue weighted by Crippen LogP contribution is 2.25. The zero-order chi connectivity index (χ0) is 22.0. The van der Waals surface area contributed by atoms with E-state index in [1.807, 2.05) is 42.2 Å². The van der Waals surface area contributed by atoms with Crippen molar-refractivity contribution in [3.05, 3.63) is 36.2 Å². The van der Waals surface area contributed by atoms with Gasteiger partial charge in [0.1, 0.15) is 0 Å². The van der Waals surface area contributed by atoms with Crippen molar-refractivity contribution >= 4 is 15.9 Å². The maximum Gasteiger partial charge on any atom is 0.244 e. The number of amides is 1. The number of aromatic nitrogens is 2. The summed E-state index contributed by atoms with van der Waals surface area (Å²) < 4.78 is 30.6. The second kappa shape index (κ2) is 9.05. The van der Waals surface area contributed by atoms with Crippen molar-refractivity contribution in [2.75, 3.05) is 45.5 Å². The highest BCUT2D eigenvalue weighted by molar-refractivity contribution is 7.88. The van der Waals surface area contributed by atoms with Gasteiger partial charge in [-0.05, 0) is 19.8 Å². The van der Waals surface area contributed by atoms with Crippen LogP contribution in [-0.2, 0) is 14.8 Å². The van der Waals surface area contributed by atoms with Gasteiger partial charge < -0.3 is 9.42 Å². The number of nitrogens with zero attached hydrogens (tertiary/aromatic N) is 5. The molecule has 0 saturated carbocycles. The Morgan fingerprint density at radius 1 is 1.13 bits per heavy atom. The predicted octanol–water partition coefficient (Wildman–Crippen LogP) is 1.61. The average Bonchev–Trinajstić information content (AvgIpc) is 3.29. The Bertz CT molecular complexity index is 1000. The van der Waals surface area contributed by atoms with Crippen LogP contribution in [0.2, 0.25) is 0 Å². The number of rotatable bonds is 5. The largest absolute Gasteiger partial charge is 0.340 e. The molecule has 0 spiro atoms. The molecule has 3 heterocycles. The summed E-state index contributed by atoms with van der Waals surface area (Å²) in [5.41, 5.74) is 0.913. The maximum atomic E-state index is 13.0. The van der Waals surface area contributed by atoms with E-state index < -0.39 is 10.0 Å². The Kier molecular flexibility index (Phi) is 6.40. The van der Waals surface area contributed by atoms with Gasteiger partial charge in [0.25, 0.3) is 0 Å². The Morgan fingerprint density at radius 3 is 2.52 bits per heavy atom. The van der Waals surface area contributed by atoms with Gasteiger partial charge >= 0.3 is 0 Å². The molecule has 168 valence electrons. The van der Waals surface area contributed by atoms with Crippen LogP contribution in [0.25, 0.3) is 11.4 Å². The standard InChI is InChI=1S/C21H29N5O4S/c1-16(20-22-19(23-30-20)17-7-4-3-5-8-17)24-11-13-25(14-12-24)21(27)18-9-6-10-26(15-18)31(2,28)29/h3-5,7-8,16,18H,6,9-15H2,1-2H3. The third-order valence-corrected chi connectivity index (χ3v) is 7.48. The van der Waals surface area contributed by atoms with Crippen LogP contribution in [-0.4, -0.2) is 84.1 Å². The molecule has 1 aromatic carbocycles. The van der Waals surface area contributed by atoms with E-state index in [-0.39, 0.29) is 17.9 Å². The van der Waals surface area contributed by atoms with Gasteiger partial charge in [0.05, 0.1) is 18.2 Å². The Hall–Kier alpha value is -2.30. The lowest BCUT2D eigenvalue weighted by Gasteiger charge is -2.39. The van der Waals surface area contributed by atoms with Gasteiger partial charge in [0, 0.05) is 44.8 Å². The van der Waals surface area contributed by atoms with Crippen molar-refractivity contribution in [1.82, 2.24) is 24.2 Å². The summed E-state index contributed by atoms with van der Waals surface area (Å²) >= 11 is 0. The van der Waals surface area contributed by atoms with E-state index in [1.165, 1.54) is 10.6 Å². The van der Waals surface area contributed by atoms with E-state index in [0.29, 0.717) is 51.0 Å². The quantitative estimate of drug-likeness (QED) is 0.686. The first kappa shape index (κ1) is 21.9. The third-order valence-electron chi connectivity index (χ3n) is 6.21. The van der Waals surface area contributed by atoms with E-state index in [1.54, 1.807) is 0 Å². The van der Waals surface area contributed by atoms with Crippen LogP contribution in [0.3, 0.4) is 0 Å². The minimum Gasteiger partial charge on any atom is -0.340 e. The van der Waals surface area contributed by atoms with Crippen LogP contribution in [0.5, 0.6) is 0 Å². The van der Waals surface area contributed by atoms with Crippen LogP contribution in [0, 0.1) is 5.92 Å². The molecule has 9 nitrogen and oxygen atoms in total. The van der Waals surface area contributed by atoms with Crippen molar-refractivity contribution in [3.8, 4) is 11.4 Å². The molecule has 2 atom stereocenters. The van der Waals surface area contributed by atoms with E-state index in [2.05, 4.69) is 15.0 Å². The van der Waals surface area contributed by atoms with Gasteiger partial charge in [-0.25, -0.2) is 12.7 Å². The minimum absolute atomic E-state index is 0.0439. The predicted molar refractivity (Wildman–Crippen MR) is 115 cm³/mol. The van der Waals surface area contributed by atoms with Crippen LogP contribution in [0.1, 0.15) is 31.7 Å². The first-order valence-corrected chi connectivity index (χ1v) is 12.5. The normalized spacial score (nSPS) is 22.4. The maximum absolute atomic E-state index is 13.0. The monoisotopic (exact) mass is 447 g/mol. The SMILES string of the molecule is CC(c1nc(-c2ccccc2)no1)N1CCN(C(=O)C2CCCN(S(C)(=O)=O)C2)CC1. The third kappa shape index (κ3) is 4.97. The van der Waals surface area contributed by atoms with Crippen molar-refractivity contribution in [1.29, 1.82) is 0 Å².